The Labute approximate surface area is 180 Å². The zero-order valence-corrected chi connectivity index (χ0v) is 18.1. The second kappa shape index (κ2) is 9.76. The molecule has 1 amide bonds. The summed E-state index contributed by atoms with van der Waals surface area (Å²) >= 11 is 0. The van der Waals surface area contributed by atoms with E-state index in [2.05, 4.69) is 4.99 Å². The molecule has 0 bridgehead atoms. The van der Waals surface area contributed by atoms with Crippen LogP contribution >= 0.6 is 0 Å². The van der Waals surface area contributed by atoms with Gasteiger partial charge in [-0.05, 0) is 58.6 Å². The maximum Gasteiger partial charge on any atom is 0.342 e. The van der Waals surface area contributed by atoms with Gasteiger partial charge in [0.1, 0.15) is 17.1 Å². The predicted octanol–water partition coefficient (Wildman–Crippen LogP) is 3.48. The first-order chi connectivity index (χ1) is 14.8. The number of amides is 1. The van der Waals surface area contributed by atoms with Gasteiger partial charge in [0.15, 0.2) is 0 Å². The van der Waals surface area contributed by atoms with Crippen LogP contribution in [-0.4, -0.2) is 40.3 Å². The molecule has 1 heterocycles. The van der Waals surface area contributed by atoms with Gasteiger partial charge in [0.25, 0.3) is 5.91 Å². The number of esters is 1. The Bertz CT molecular complexity index is 1080. The number of carbonyl (C=O) groups excluding carboxylic acids is 3. The lowest BCUT2D eigenvalue weighted by Crippen LogP contribution is -2.27. The average molecular weight is 428 g/mol. The molecule has 1 N–H and O–H groups in total. The molecule has 3 rings (SSSR count). The van der Waals surface area contributed by atoms with Crippen molar-refractivity contribution >= 4 is 28.6 Å². The minimum atomic E-state index is -0.716. The number of aromatic nitrogens is 1. The van der Waals surface area contributed by atoms with Crippen molar-refractivity contribution in [2.45, 2.75) is 65.4 Å². The van der Waals surface area contributed by atoms with Crippen molar-refractivity contribution in [1.29, 1.82) is 0 Å². The number of nitrogens with zero attached hydrogens (tertiary/aromatic N) is 2. The van der Waals surface area contributed by atoms with Gasteiger partial charge in [-0.2, -0.15) is 4.73 Å². The fourth-order valence-corrected chi connectivity index (χ4v) is 3.91. The molecule has 0 saturated heterocycles. The molecule has 1 aromatic carbocycles. The molecule has 1 aliphatic carbocycles. The normalized spacial score (nSPS) is 15.1. The number of hydrogen-bond acceptors (Lipinski definition) is 6. The number of pyridine rings is 1. The van der Waals surface area contributed by atoms with Crippen molar-refractivity contribution in [2.75, 3.05) is 6.61 Å². The SMILES string of the molecule is CCOC(=O)c1c(C)n(O)c2cccc(OC3CCCCC3)c2c1=NC(=O)CC(C)=O. The van der Waals surface area contributed by atoms with E-state index in [4.69, 9.17) is 9.47 Å². The average Bonchev–Trinajstić information content (AvgIpc) is 2.72. The van der Waals surface area contributed by atoms with Crippen molar-refractivity contribution in [2.24, 2.45) is 4.99 Å². The van der Waals surface area contributed by atoms with E-state index in [1.165, 1.54) is 20.3 Å². The third kappa shape index (κ3) is 4.95. The number of carbonyl (C=O) groups is 3. The largest absolute Gasteiger partial charge is 0.490 e. The molecular formula is C23H28N2O6. The maximum absolute atomic E-state index is 12.8. The minimum absolute atomic E-state index is 0.000361. The van der Waals surface area contributed by atoms with E-state index < -0.39 is 11.9 Å². The Morgan fingerprint density at radius 3 is 2.55 bits per heavy atom. The van der Waals surface area contributed by atoms with Gasteiger partial charge in [-0.1, -0.05) is 12.5 Å². The monoisotopic (exact) mass is 428 g/mol. The van der Waals surface area contributed by atoms with Gasteiger partial charge in [0, 0.05) is 0 Å². The number of ether oxygens (including phenoxy) is 2. The second-order valence-electron chi connectivity index (χ2n) is 7.75. The molecule has 1 aliphatic rings. The fourth-order valence-electron chi connectivity index (χ4n) is 3.91. The molecule has 166 valence electrons. The van der Waals surface area contributed by atoms with Gasteiger partial charge in [0.05, 0.1) is 41.1 Å². The standard InChI is InChI=1S/C23H28N2O6/c1-4-30-23(28)20-15(3)25(29)17-11-8-12-18(31-16-9-6-5-7-10-16)21(17)22(20)24-19(27)13-14(2)26/h8,11-12,16,29H,4-7,9-10,13H2,1-3H3. The molecule has 0 unspecified atom stereocenters. The van der Waals surface area contributed by atoms with Crippen molar-refractivity contribution in [3.05, 3.63) is 34.8 Å². The van der Waals surface area contributed by atoms with Gasteiger partial charge in [-0.25, -0.2) is 9.79 Å². The lowest BCUT2D eigenvalue weighted by Gasteiger charge is -2.24. The third-order valence-corrected chi connectivity index (χ3v) is 5.35. The van der Waals surface area contributed by atoms with Crippen LogP contribution in [0.5, 0.6) is 5.75 Å². The van der Waals surface area contributed by atoms with Crippen LogP contribution in [0.15, 0.2) is 23.2 Å². The molecule has 0 aliphatic heterocycles. The van der Waals surface area contributed by atoms with E-state index in [9.17, 15) is 19.6 Å². The van der Waals surface area contributed by atoms with E-state index in [0.717, 1.165) is 30.4 Å². The highest BCUT2D eigenvalue weighted by Crippen LogP contribution is 2.29. The number of ketones is 1. The van der Waals surface area contributed by atoms with Crippen LogP contribution in [0, 0.1) is 6.92 Å². The lowest BCUT2D eigenvalue weighted by atomic mass is 9.97. The maximum atomic E-state index is 12.8. The highest BCUT2D eigenvalue weighted by molar-refractivity contribution is 6.00. The van der Waals surface area contributed by atoms with Gasteiger partial charge in [0.2, 0.25) is 0 Å². The van der Waals surface area contributed by atoms with E-state index in [1.807, 2.05) is 0 Å². The van der Waals surface area contributed by atoms with E-state index in [-0.39, 0.29) is 41.5 Å². The number of benzene rings is 1. The zero-order valence-electron chi connectivity index (χ0n) is 18.1. The van der Waals surface area contributed by atoms with Crippen LogP contribution in [0.3, 0.4) is 0 Å². The number of Topliss-reactive ketones (excluding diaryl/α,β-unsaturated/α-hetero) is 1. The second-order valence-corrected chi connectivity index (χ2v) is 7.75. The molecule has 8 nitrogen and oxygen atoms in total. The summed E-state index contributed by atoms with van der Waals surface area (Å²) in [4.78, 5) is 40.8. The van der Waals surface area contributed by atoms with Crippen molar-refractivity contribution in [3.8, 4) is 5.75 Å². The number of rotatable bonds is 6. The Hall–Kier alpha value is -3.16. The quantitative estimate of drug-likeness (QED) is 0.429. The Balaban J connectivity index is 2.31. The summed E-state index contributed by atoms with van der Waals surface area (Å²) in [5.74, 6) is -1.31. The molecule has 0 atom stereocenters. The topological polar surface area (TPSA) is 107 Å². The van der Waals surface area contributed by atoms with Crippen molar-refractivity contribution in [1.82, 2.24) is 4.73 Å². The van der Waals surface area contributed by atoms with Crippen LogP contribution in [-0.2, 0) is 14.3 Å². The van der Waals surface area contributed by atoms with Crippen LogP contribution in [0.1, 0.15) is 68.4 Å². The van der Waals surface area contributed by atoms with Crippen LogP contribution in [0.2, 0.25) is 0 Å². The summed E-state index contributed by atoms with van der Waals surface area (Å²) in [6.45, 7) is 4.61. The molecule has 31 heavy (non-hydrogen) atoms. The first kappa shape index (κ1) is 22.5. The molecule has 1 aromatic heterocycles. The van der Waals surface area contributed by atoms with Crippen molar-refractivity contribution < 1.29 is 29.1 Å². The third-order valence-electron chi connectivity index (χ3n) is 5.35. The summed E-state index contributed by atoms with van der Waals surface area (Å²) < 4.78 is 12.3. The van der Waals surface area contributed by atoms with Gasteiger partial charge >= 0.3 is 5.97 Å². The Morgan fingerprint density at radius 1 is 1.19 bits per heavy atom. The van der Waals surface area contributed by atoms with Gasteiger partial charge in [-0.15, -0.1) is 0 Å². The molecule has 1 saturated carbocycles. The van der Waals surface area contributed by atoms with E-state index >= 15 is 0 Å². The van der Waals surface area contributed by atoms with Crippen molar-refractivity contribution in [3.63, 3.8) is 0 Å². The minimum Gasteiger partial charge on any atom is -0.490 e. The predicted molar refractivity (Wildman–Crippen MR) is 113 cm³/mol. The summed E-state index contributed by atoms with van der Waals surface area (Å²) in [6, 6.07) is 5.12. The molecular weight excluding hydrogens is 400 g/mol. The van der Waals surface area contributed by atoms with Gasteiger partial charge in [-0.3, -0.25) is 9.59 Å². The summed E-state index contributed by atoms with van der Waals surface area (Å²) in [6.07, 6.45) is 4.72. The molecule has 2 aromatic rings. The lowest BCUT2D eigenvalue weighted by molar-refractivity contribution is -0.125. The van der Waals surface area contributed by atoms with E-state index in [0.29, 0.717) is 16.7 Å². The summed E-state index contributed by atoms with van der Waals surface area (Å²) in [5.41, 5.74) is 0.483. The number of hydrogen-bond donors (Lipinski definition) is 1. The number of fused-ring (bicyclic) bond motifs is 1. The summed E-state index contributed by atoms with van der Waals surface area (Å²) in [7, 11) is 0. The Morgan fingerprint density at radius 2 is 1.90 bits per heavy atom. The van der Waals surface area contributed by atoms with Crippen LogP contribution in [0.4, 0.5) is 0 Å². The molecule has 1 fully saturated rings. The molecule has 8 heteroatoms. The van der Waals surface area contributed by atoms with Crippen LogP contribution in [0.25, 0.3) is 10.9 Å². The molecule has 0 radical (unpaired) electrons. The highest BCUT2D eigenvalue weighted by Gasteiger charge is 2.24. The van der Waals surface area contributed by atoms with Crippen LogP contribution < -0.4 is 10.1 Å². The highest BCUT2D eigenvalue weighted by atomic mass is 16.5. The first-order valence-electron chi connectivity index (χ1n) is 10.6. The smallest absolute Gasteiger partial charge is 0.342 e. The van der Waals surface area contributed by atoms with Gasteiger partial charge < -0.3 is 14.7 Å². The van der Waals surface area contributed by atoms with E-state index in [1.54, 1.807) is 25.1 Å². The Kier molecular flexibility index (Phi) is 7.09. The zero-order chi connectivity index (χ0) is 22.5. The molecule has 0 spiro atoms. The first-order valence-corrected chi connectivity index (χ1v) is 10.6. The summed E-state index contributed by atoms with van der Waals surface area (Å²) in [5, 5.41) is 11.1. The fraction of sp³-hybridized carbons (Fsp3) is 0.478.